The van der Waals surface area contributed by atoms with Gasteiger partial charge < -0.3 is 9.84 Å². The zero-order valence-corrected chi connectivity index (χ0v) is 27.9. The maximum Gasteiger partial charge on any atom is 0.306 e. The van der Waals surface area contributed by atoms with Crippen molar-refractivity contribution in [3.8, 4) is 0 Å². The molecule has 0 aliphatic rings. The molecule has 0 radical (unpaired) electrons. The molecule has 0 rings (SSSR count). The van der Waals surface area contributed by atoms with Crippen LogP contribution in [0.15, 0.2) is 97.2 Å². The first-order valence-electron chi connectivity index (χ1n) is 17.2. The Morgan fingerprint density at radius 3 is 1.48 bits per heavy atom. The first-order chi connectivity index (χ1) is 21.6. The predicted octanol–water partition coefficient (Wildman–Crippen LogP) is 11.9. The van der Waals surface area contributed by atoms with Crippen LogP contribution in [-0.4, -0.2) is 23.1 Å². The quantitative estimate of drug-likeness (QED) is 0.0522. The molecule has 1 unspecified atom stereocenters. The van der Waals surface area contributed by atoms with Crippen molar-refractivity contribution < 1.29 is 19.4 Å². The summed E-state index contributed by atoms with van der Waals surface area (Å²) in [5, 5.41) is 8.85. The second-order valence-corrected chi connectivity index (χ2v) is 10.9. The third-order valence-corrected chi connectivity index (χ3v) is 6.79. The number of hydrogen-bond acceptors (Lipinski definition) is 3. The molecule has 246 valence electrons. The fourth-order valence-corrected chi connectivity index (χ4v) is 4.32. The highest BCUT2D eigenvalue weighted by Gasteiger charge is 2.11. The van der Waals surface area contributed by atoms with Gasteiger partial charge >= 0.3 is 11.9 Å². The van der Waals surface area contributed by atoms with E-state index in [4.69, 9.17) is 9.84 Å². The number of allylic oxidation sites excluding steroid dienone is 15. The molecule has 0 saturated carbocycles. The lowest BCUT2D eigenvalue weighted by molar-refractivity contribution is -0.147. The molecule has 0 bridgehead atoms. The second kappa shape index (κ2) is 34.4. The van der Waals surface area contributed by atoms with Gasteiger partial charge in [0.25, 0.3) is 0 Å². The Balaban J connectivity index is 4.21. The van der Waals surface area contributed by atoms with Crippen LogP contribution in [0.25, 0.3) is 0 Å². The first-order valence-corrected chi connectivity index (χ1v) is 17.2. The lowest BCUT2D eigenvalue weighted by atomic mass is 10.1. The van der Waals surface area contributed by atoms with Crippen LogP contribution < -0.4 is 0 Å². The molecule has 0 aromatic rings. The number of carbonyl (C=O) groups is 2. The monoisotopic (exact) mass is 606 g/mol. The van der Waals surface area contributed by atoms with E-state index in [1.807, 2.05) is 6.08 Å². The molecule has 4 heteroatoms. The van der Waals surface area contributed by atoms with Crippen molar-refractivity contribution in [2.24, 2.45) is 0 Å². The zero-order chi connectivity index (χ0) is 32.2. The molecule has 0 spiro atoms. The molecule has 0 amide bonds. The standard InChI is InChI=1S/C40H62O4/c1-3-5-7-9-11-13-15-16-17-18-19-20-22-24-26-28-33-37-40(43)44-38(35-31-29-32-36-39(41)42)34-30-27-25-23-21-14-12-10-8-6-4-2/h5-8,11-14,16-17,19-20,23,25,30,34,38H,3-4,9-10,15,18,21-22,24,26-29,31-33,35-37H2,1-2H3,(H,41,42)/b7-5-,8-6-,13-11-,14-12-,17-16-,20-19-,25-23-,34-30-. The summed E-state index contributed by atoms with van der Waals surface area (Å²) in [6.07, 6.45) is 51.4. The minimum absolute atomic E-state index is 0.137. The van der Waals surface area contributed by atoms with Gasteiger partial charge in [0, 0.05) is 12.8 Å². The van der Waals surface area contributed by atoms with Crippen LogP contribution in [-0.2, 0) is 14.3 Å². The number of rotatable bonds is 29. The third kappa shape index (κ3) is 33.4. The number of aliphatic carboxylic acids is 1. The highest BCUT2D eigenvalue weighted by Crippen LogP contribution is 2.13. The lowest BCUT2D eigenvalue weighted by Gasteiger charge is -2.14. The van der Waals surface area contributed by atoms with Crippen molar-refractivity contribution in [2.45, 2.75) is 142 Å². The summed E-state index contributed by atoms with van der Waals surface area (Å²) in [4.78, 5) is 23.3. The maximum atomic E-state index is 12.5. The van der Waals surface area contributed by atoms with Gasteiger partial charge in [0.15, 0.2) is 0 Å². The molecule has 0 fully saturated rings. The van der Waals surface area contributed by atoms with E-state index in [1.54, 1.807) is 0 Å². The number of esters is 1. The van der Waals surface area contributed by atoms with E-state index in [0.29, 0.717) is 12.8 Å². The highest BCUT2D eigenvalue weighted by atomic mass is 16.5. The van der Waals surface area contributed by atoms with Crippen LogP contribution in [0, 0.1) is 0 Å². The average molecular weight is 607 g/mol. The average Bonchev–Trinajstić information content (AvgIpc) is 3.00. The molecule has 0 aromatic heterocycles. The Morgan fingerprint density at radius 1 is 0.523 bits per heavy atom. The number of carboxylic acids is 1. The third-order valence-electron chi connectivity index (χ3n) is 6.79. The number of ether oxygens (including phenoxy) is 1. The molecule has 0 aliphatic heterocycles. The smallest absolute Gasteiger partial charge is 0.306 e. The second-order valence-electron chi connectivity index (χ2n) is 10.9. The van der Waals surface area contributed by atoms with Gasteiger partial charge in [-0.25, -0.2) is 0 Å². The zero-order valence-electron chi connectivity index (χ0n) is 27.9. The summed E-state index contributed by atoms with van der Waals surface area (Å²) in [6.45, 7) is 4.29. The van der Waals surface area contributed by atoms with Crippen molar-refractivity contribution in [2.75, 3.05) is 0 Å². The van der Waals surface area contributed by atoms with Crippen LogP contribution in [0.2, 0.25) is 0 Å². The van der Waals surface area contributed by atoms with Crippen molar-refractivity contribution in [3.63, 3.8) is 0 Å². The summed E-state index contributed by atoms with van der Waals surface area (Å²) in [5.41, 5.74) is 0. The molecule has 0 saturated heterocycles. The normalized spacial score (nSPS) is 13.5. The predicted molar refractivity (Wildman–Crippen MR) is 190 cm³/mol. The largest absolute Gasteiger partial charge is 0.481 e. The van der Waals surface area contributed by atoms with E-state index in [9.17, 15) is 9.59 Å². The Morgan fingerprint density at radius 2 is 0.955 bits per heavy atom. The van der Waals surface area contributed by atoms with Crippen LogP contribution in [0.3, 0.4) is 0 Å². The minimum atomic E-state index is -0.759. The van der Waals surface area contributed by atoms with Crippen molar-refractivity contribution in [3.05, 3.63) is 97.2 Å². The fraction of sp³-hybridized carbons (Fsp3) is 0.550. The molecule has 0 heterocycles. The number of hydrogen-bond donors (Lipinski definition) is 1. The van der Waals surface area contributed by atoms with E-state index in [2.05, 4.69) is 105 Å². The fourth-order valence-electron chi connectivity index (χ4n) is 4.32. The molecule has 1 N–H and O–H groups in total. The molecule has 0 aromatic carbocycles. The first kappa shape index (κ1) is 40.9. The lowest BCUT2D eigenvalue weighted by Crippen LogP contribution is -2.16. The Bertz CT molecular complexity index is 914. The van der Waals surface area contributed by atoms with Crippen molar-refractivity contribution >= 4 is 11.9 Å². The summed E-state index contributed by atoms with van der Waals surface area (Å²) in [5.74, 6) is -0.896. The number of carbonyl (C=O) groups excluding carboxylic acids is 1. The number of carboxylic acid groups (broad SMARTS) is 1. The van der Waals surface area contributed by atoms with Gasteiger partial charge in [-0.1, -0.05) is 124 Å². The molecule has 44 heavy (non-hydrogen) atoms. The highest BCUT2D eigenvalue weighted by molar-refractivity contribution is 5.69. The van der Waals surface area contributed by atoms with Crippen LogP contribution >= 0.6 is 0 Å². The van der Waals surface area contributed by atoms with Gasteiger partial charge in [-0.05, 0) is 96.0 Å². The van der Waals surface area contributed by atoms with E-state index in [1.165, 1.54) is 0 Å². The Kier molecular flexibility index (Phi) is 31.9. The summed E-state index contributed by atoms with van der Waals surface area (Å²) < 4.78 is 5.79. The van der Waals surface area contributed by atoms with Crippen LogP contribution in [0.1, 0.15) is 136 Å². The topological polar surface area (TPSA) is 63.6 Å². The van der Waals surface area contributed by atoms with E-state index >= 15 is 0 Å². The van der Waals surface area contributed by atoms with E-state index < -0.39 is 5.97 Å². The van der Waals surface area contributed by atoms with Gasteiger partial charge in [-0.2, -0.15) is 0 Å². The van der Waals surface area contributed by atoms with Gasteiger partial charge in [0.05, 0.1) is 0 Å². The molecule has 4 nitrogen and oxygen atoms in total. The van der Waals surface area contributed by atoms with Gasteiger partial charge in [0.1, 0.15) is 6.10 Å². The maximum absolute atomic E-state index is 12.5. The molecular formula is C40H62O4. The molecule has 0 aliphatic carbocycles. The summed E-state index contributed by atoms with van der Waals surface area (Å²) in [6, 6.07) is 0. The van der Waals surface area contributed by atoms with Gasteiger partial charge in [-0.15, -0.1) is 0 Å². The molecule has 1 atom stereocenters. The number of unbranched alkanes of at least 4 members (excludes halogenated alkanes) is 6. The van der Waals surface area contributed by atoms with Crippen molar-refractivity contribution in [1.29, 1.82) is 0 Å². The van der Waals surface area contributed by atoms with Crippen LogP contribution in [0.4, 0.5) is 0 Å². The van der Waals surface area contributed by atoms with Crippen molar-refractivity contribution in [1.82, 2.24) is 0 Å². The SMILES string of the molecule is CC/C=C\C/C=C\C/C=C\C/C=C\CCCCCCC(=O)OC(/C=C\C/C=C\C/C=C\C/C=C\CC)CCCCCC(=O)O. The Hall–Kier alpha value is -3.14. The van der Waals surface area contributed by atoms with E-state index in [0.717, 1.165) is 103 Å². The van der Waals surface area contributed by atoms with Gasteiger partial charge in [-0.3, -0.25) is 9.59 Å². The van der Waals surface area contributed by atoms with Crippen LogP contribution in [0.5, 0.6) is 0 Å². The van der Waals surface area contributed by atoms with Gasteiger partial charge in [0.2, 0.25) is 0 Å². The summed E-state index contributed by atoms with van der Waals surface area (Å²) >= 11 is 0. The van der Waals surface area contributed by atoms with E-state index in [-0.39, 0.29) is 18.5 Å². The Labute approximate surface area is 270 Å². The molecular weight excluding hydrogens is 544 g/mol. The minimum Gasteiger partial charge on any atom is -0.481 e. The summed E-state index contributed by atoms with van der Waals surface area (Å²) in [7, 11) is 0.